The monoisotopic (exact) mass is 433 g/mol. The Morgan fingerprint density at radius 2 is 1.69 bits per heavy atom. The molecule has 0 unspecified atom stereocenters. The summed E-state index contributed by atoms with van der Waals surface area (Å²) in [5.74, 6) is 2.68. The minimum absolute atomic E-state index is 0.277. The van der Waals surface area contributed by atoms with Gasteiger partial charge >= 0.3 is 0 Å². The summed E-state index contributed by atoms with van der Waals surface area (Å²) < 4.78 is 10.6. The third-order valence-electron chi connectivity index (χ3n) is 5.14. The van der Waals surface area contributed by atoms with Crippen molar-refractivity contribution in [2.24, 2.45) is 10.2 Å². The van der Waals surface area contributed by atoms with E-state index in [-0.39, 0.29) is 5.95 Å². The second-order valence-electron chi connectivity index (χ2n) is 7.39. The van der Waals surface area contributed by atoms with Crippen molar-refractivity contribution in [2.45, 2.75) is 25.8 Å². The van der Waals surface area contributed by atoms with E-state index < -0.39 is 0 Å². The van der Waals surface area contributed by atoms with Crippen molar-refractivity contribution in [1.82, 2.24) is 15.0 Å². The fourth-order valence-electron chi connectivity index (χ4n) is 3.50. The van der Waals surface area contributed by atoms with Crippen LogP contribution in [0.4, 0.5) is 23.5 Å². The minimum Gasteiger partial charge on any atom is -0.493 e. The lowest BCUT2D eigenvalue weighted by atomic mass is 10.1. The molecular weight excluding hydrogens is 406 g/mol. The molecule has 2 heterocycles. The van der Waals surface area contributed by atoms with Gasteiger partial charge in [-0.2, -0.15) is 20.1 Å². The topological polar surface area (TPSA) is 97.1 Å². The number of methoxy groups -OCH3 is 2. The van der Waals surface area contributed by atoms with Crippen molar-refractivity contribution in [2.75, 3.05) is 37.5 Å². The van der Waals surface area contributed by atoms with Crippen molar-refractivity contribution in [3.63, 3.8) is 0 Å². The Labute approximate surface area is 187 Å². The Kier molecular flexibility index (Phi) is 7.06. The zero-order valence-electron chi connectivity index (χ0n) is 18.4. The van der Waals surface area contributed by atoms with Gasteiger partial charge in [-0.25, -0.2) is 0 Å². The van der Waals surface area contributed by atoms with Crippen LogP contribution in [0, 0.1) is 0 Å². The van der Waals surface area contributed by atoms with Gasteiger partial charge in [0.1, 0.15) is 0 Å². The first-order valence-electron chi connectivity index (χ1n) is 10.7. The third-order valence-corrected chi connectivity index (χ3v) is 5.14. The van der Waals surface area contributed by atoms with Gasteiger partial charge < -0.3 is 19.7 Å². The highest BCUT2D eigenvalue weighted by molar-refractivity contribution is 5.55. The highest BCUT2D eigenvalue weighted by atomic mass is 16.5. The molecule has 32 heavy (non-hydrogen) atoms. The summed E-state index contributed by atoms with van der Waals surface area (Å²) in [5, 5.41) is 11.8. The van der Waals surface area contributed by atoms with Crippen molar-refractivity contribution < 1.29 is 9.47 Å². The number of para-hydroxylation sites is 1. The van der Waals surface area contributed by atoms with Crippen LogP contribution in [0.1, 0.15) is 24.8 Å². The Morgan fingerprint density at radius 1 is 0.906 bits per heavy atom. The molecule has 1 saturated heterocycles. The van der Waals surface area contributed by atoms with Crippen LogP contribution < -0.4 is 19.7 Å². The van der Waals surface area contributed by atoms with Crippen LogP contribution in [0.15, 0.2) is 58.8 Å². The molecule has 166 valence electrons. The van der Waals surface area contributed by atoms with Gasteiger partial charge in [-0.05, 0) is 49.1 Å². The summed E-state index contributed by atoms with van der Waals surface area (Å²) in [6, 6.07) is 15.5. The molecule has 3 aromatic rings. The Bertz CT molecular complexity index is 1050. The van der Waals surface area contributed by atoms with E-state index in [1.807, 2.05) is 48.5 Å². The summed E-state index contributed by atoms with van der Waals surface area (Å²) in [4.78, 5) is 15.8. The molecular formula is C23H27N7O2. The smallest absolute Gasteiger partial charge is 0.275 e. The molecule has 0 radical (unpaired) electrons. The van der Waals surface area contributed by atoms with E-state index >= 15 is 0 Å². The minimum atomic E-state index is 0.277. The second kappa shape index (κ2) is 10.5. The van der Waals surface area contributed by atoms with E-state index in [1.54, 1.807) is 14.2 Å². The number of rotatable bonds is 8. The van der Waals surface area contributed by atoms with E-state index in [9.17, 15) is 0 Å². The largest absolute Gasteiger partial charge is 0.493 e. The standard InChI is InChI=1S/C23H27N7O2/c1-31-19-12-11-17(15-20(19)32-2)16-24-29-22-26-21(25-18-9-5-3-6-10-18)27-23(28-22)30-13-7-4-8-14-30/h3,5-6,9-12,15H,4,7-8,13-14,16H2,1-2H3,(H,25,26,27,28). The van der Waals surface area contributed by atoms with Crippen LogP contribution in [0.25, 0.3) is 0 Å². The van der Waals surface area contributed by atoms with Crippen LogP contribution in [0.3, 0.4) is 0 Å². The first kappa shape index (κ1) is 21.5. The van der Waals surface area contributed by atoms with E-state index in [2.05, 4.69) is 35.4 Å². The first-order chi connectivity index (χ1) is 15.7. The van der Waals surface area contributed by atoms with E-state index in [0.717, 1.165) is 37.2 Å². The zero-order chi connectivity index (χ0) is 22.2. The number of benzene rings is 2. The maximum absolute atomic E-state index is 5.35. The Hall–Kier alpha value is -3.75. The van der Waals surface area contributed by atoms with Gasteiger partial charge in [0.2, 0.25) is 11.9 Å². The number of ether oxygens (including phenoxy) is 2. The SMILES string of the molecule is COc1ccc(CN=Nc2nc(Nc3ccccc3)nc(N3CCCCC3)n2)cc1OC. The molecule has 2 aromatic carbocycles. The van der Waals surface area contributed by atoms with Crippen LogP contribution in [-0.4, -0.2) is 42.3 Å². The van der Waals surface area contributed by atoms with Crippen molar-refractivity contribution in [3.05, 3.63) is 54.1 Å². The number of nitrogens with one attached hydrogen (secondary N) is 1. The van der Waals surface area contributed by atoms with Crippen molar-refractivity contribution in [3.8, 4) is 11.5 Å². The molecule has 9 heteroatoms. The van der Waals surface area contributed by atoms with Gasteiger partial charge in [0.15, 0.2) is 11.5 Å². The van der Waals surface area contributed by atoms with Crippen molar-refractivity contribution in [1.29, 1.82) is 0 Å². The fourth-order valence-corrected chi connectivity index (χ4v) is 3.50. The van der Waals surface area contributed by atoms with E-state index in [1.165, 1.54) is 6.42 Å². The number of hydrogen-bond donors (Lipinski definition) is 1. The number of anilines is 3. The molecule has 9 nitrogen and oxygen atoms in total. The number of nitrogens with zero attached hydrogens (tertiary/aromatic N) is 6. The lowest BCUT2D eigenvalue weighted by Crippen LogP contribution is -2.31. The van der Waals surface area contributed by atoms with Gasteiger partial charge in [0.05, 0.1) is 20.8 Å². The number of piperidine rings is 1. The van der Waals surface area contributed by atoms with Gasteiger partial charge in [-0.15, -0.1) is 5.11 Å². The van der Waals surface area contributed by atoms with Crippen LogP contribution in [0.5, 0.6) is 11.5 Å². The average Bonchev–Trinajstić information content (AvgIpc) is 2.85. The second-order valence-corrected chi connectivity index (χ2v) is 7.39. The lowest BCUT2D eigenvalue weighted by Gasteiger charge is -2.26. The van der Waals surface area contributed by atoms with Crippen LogP contribution in [0.2, 0.25) is 0 Å². The molecule has 1 aliphatic heterocycles. The molecule has 0 aliphatic carbocycles. The average molecular weight is 434 g/mol. The molecule has 1 aliphatic rings. The molecule has 0 saturated carbocycles. The molecule has 0 bridgehead atoms. The van der Waals surface area contributed by atoms with Crippen LogP contribution >= 0.6 is 0 Å². The molecule has 1 fully saturated rings. The summed E-state index contributed by atoms with van der Waals surface area (Å²) in [5.41, 5.74) is 1.84. The highest BCUT2D eigenvalue weighted by Crippen LogP contribution is 2.28. The summed E-state index contributed by atoms with van der Waals surface area (Å²) in [6.07, 6.45) is 3.49. The summed E-state index contributed by atoms with van der Waals surface area (Å²) >= 11 is 0. The predicted octanol–water partition coefficient (Wildman–Crippen LogP) is 4.91. The van der Waals surface area contributed by atoms with Gasteiger partial charge in [-0.3, -0.25) is 0 Å². The predicted molar refractivity (Wildman–Crippen MR) is 123 cm³/mol. The van der Waals surface area contributed by atoms with Gasteiger partial charge in [0, 0.05) is 18.8 Å². The third kappa shape index (κ3) is 5.48. The maximum atomic E-state index is 5.35. The molecule has 0 spiro atoms. The lowest BCUT2D eigenvalue weighted by molar-refractivity contribution is 0.354. The first-order valence-corrected chi connectivity index (χ1v) is 10.7. The fraction of sp³-hybridized carbons (Fsp3) is 0.348. The quantitative estimate of drug-likeness (QED) is 0.504. The van der Waals surface area contributed by atoms with Crippen molar-refractivity contribution >= 4 is 23.5 Å². The molecule has 0 atom stereocenters. The van der Waals surface area contributed by atoms with E-state index in [0.29, 0.717) is 29.9 Å². The van der Waals surface area contributed by atoms with E-state index in [4.69, 9.17) is 9.47 Å². The normalized spacial score (nSPS) is 13.9. The zero-order valence-corrected chi connectivity index (χ0v) is 18.4. The summed E-state index contributed by atoms with van der Waals surface area (Å²) in [6.45, 7) is 2.22. The Morgan fingerprint density at radius 3 is 2.44 bits per heavy atom. The molecule has 1 aromatic heterocycles. The molecule has 4 rings (SSSR count). The van der Waals surface area contributed by atoms with Crippen LogP contribution in [-0.2, 0) is 6.54 Å². The van der Waals surface area contributed by atoms with Gasteiger partial charge in [0.25, 0.3) is 5.95 Å². The Balaban J connectivity index is 1.55. The van der Waals surface area contributed by atoms with Gasteiger partial charge in [-0.1, -0.05) is 24.3 Å². The highest BCUT2D eigenvalue weighted by Gasteiger charge is 2.16. The summed E-state index contributed by atoms with van der Waals surface area (Å²) in [7, 11) is 3.22. The number of aromatic nitrogens is 3. The maximum Gasteiger partial charge on any atom is 0.275 e. The molecule has 1 N–H and O–H groups in total. The number of hydrogen-bond acceptors (Lipinski definition) is 9. The number of azo groups is 1. The molecule has 0 amide bonds.